The normalized spacial score (nSPS) is 16.1. The van der Waals surface area contributed by atoms with Crippen molar-refractivity contribution in [2.45, 2.75) is 63.0 Å². The zero-order chi connectivity index (χ0) is 22.6. The van der Waals surface area contributed by atoms with Gasteiger partial charge in [0.25, 0.3) is 5.91 Å². The molecule has 1 heterocycles. The molecule has 1 amide bonds. The first kappa shape index (κ1) is 23.0. The molecular weight excluding hydrogens is 422 g/mol. The number of nitrogens with one attached hydrogen (secondary N) is 1. The van der Waals surface area contributed by atoms with E-state index < -0.39 is 28.0 Å². The predicted molar refractivity (Wildman–Crippen MR) is 113 cm³/mol. The van der Waals surface area contributed by atoms with E-state index >= 15 is 0 Å². The lowest BCUT2D eigenvalue weighted by atomic mass is 9.96. The van der Waals surface area contributed by atoms with E-state index in [4.69, 9.17) is 9.26 Å². The smallest absolute Gasteiger partial charge is 0.338 e. The van der Waals surface area contributed by atoms with Crippen LogP contribution >= 0.6 is 0 Å². The first-order chi connectivity index (χ1) is 14.7. The highest BCUT2D eigenvalue weighted by atomic mass is 32.2. The summed E-state index contributed by atoms with van der Waals surface area (Å²) in [6.45, 7) is 3.13. The largest absolute Gasteiger partial charge is 0.449 e. The molecule has 10 heteroatoms. The number of aryl methyl sites for hydroxylation is 1. The van der Waals surface area contributed by atoms with Crippen LogP contribution in [0.5, 0.6) is 0 Å². The monoisotopic (exact) mass is 449 g/mol. The fraction of sp³-hybridized carbons (Fsp3) is 0.476. The number of benzene rings is 1. The van der Waals surface area contributed by atoms with Crippen LogP contribution in [0.15, 0.2) is 39.8 Å². The van der Waals surface area contributed by atoms with Gasteiger partial charge in [-0.25, -0.2) is 13.2 Å². The highest BCUT2D eigenvalue weighted by molar-refractivity contribution is 7.89. The average molecular weight is 450 g/mol. The summed E-state index contributed by atoms with van der Waals surface area (Å²) in [5, 5.41) is 6.12. The molecule has 0 spiro atoms. The van der Waals surface area contributed by atoms with Crippen molar-refractivity contribution in [3.05, 3.63) is 41.6 Å². The highest BCUT2D eigenvalue weighted by Gasteiger charge is 2.29. The number of carbonyl (C=O) groups excluding carboxylic acids is 2. The van der Waals surface area contributed by atoms with Crippen LogP contribution in [0.3, 0.4) is 0 Å². The molecule has 1 fully saturated rings. The van der Waals surface area contributed by atoms with Gasteiger partial charge in [-0.2, -0.15) is 4.31 Å². The van der Waals surface area contributed by atoms with Gasteiger partial charge in [0.2, 0.25) is 15.9 Å². The Kier molecular flexibility index (Phi) is 7.11. The van der Waals surface area contributed by atoms with Crippen LogP contribution in [0.1, 0.15) is 55.1 Å². The minimum absolute atomic E-state index is 0.00379. The minimum atomic E-state index is -3.65. The topological polar surface area (TPSA) is 119 Å². The van der Waals surface area contributed by atoms with Crippen LogP contribution < -0.4 is 5.32 Å². The van der Waals surface area contributed by atoms with Gasteiger partial charge >= 0.3 is 5.97 Å². The molecule has 1 atom stereocenters. The summed E-state index contributed by atoms with van der Waals surface area (Å²) in [6, 6.07) is 7.06. The van der Waals surface area contributed by atoms with Gasteiger partial charge in [-0.15, -0.1) is 0 Å². The Morgan fingerprint density at radius 1 is 1.19 bits per heavy atom. The molecule has 0 bridgehead atoms. The van der Waals surface area contributed by atoms with Gasteiger partial charge in [0.1, 0.15) is 0 Å². The maximum atomic E-state index is 12.9. The Hall–Kier alpha value is -2.72. The lowest BCUT2D eigenvalue weighted by molar-refractivity contribution is -0.123. The number of esters is 1. The van der Waals surface area contributed by atoms with Crippen LogP contribution in [-0.2, 0) is 19.6 Å². The van der Waals surface area contributed by atoms with Gasteiger partial charge in [0.05, 0.1) is 16.2 Å². The van der Waals surface area contributed by atoms with Gasteiger partial charge < -0.3 is 9.26 Å². The Morgan fingerprint density at radius 2 is 1.84 bits per heavy atom. The molecule has 168 valence electrons. The van der Waals surface area contributed by atoms with Gasteiger partial charge in [-0.3, -0.25) is 10.1 Å². The molecule has 31 heavy (non-hydrogen) atoms. The zero-order valence-corrected chi connectivity index (χ0v) is 18.6. The molecule has 0 unspecified atom stereocenters. The first-order valence-electron chi connectivity index (χ1n) is 10.2. The number of hydrogen-bond donors (Lipinski definition) is 1. The third-order valence-electron chi connectivity index (χ3n) is 5.38. The fourth-order valence-electron chi connectivity index (χ4n) is 3.50. The lowest BCUT2D eigenvalue weighted by Gasteiger charge is -2.30. The van der Waals surface area contributed by atoms with E-state index in [9.17, 15) is 18.0 Å². The summed E-state index contributed by atoms with van der Waals surface area (Å²) in [5.74, 6) is -1.15. The molecule has 1 aliphatic carbocycles. The number of aromatic nitrogens is 1. The molecule has 0 aliphatic heterocycles. The Morgan fingerprint density at radius 3 is 2.42 bits per heavy atom. The Balaban J connectivity index is 1.62. The Bertz CT molecular complexity index is 1030. The summed E-state index contributed by atoms with van der Waals surface area (Å²) < 4.78 is 37.3. The van der Waals surface area contributed by atoms with Crippen molar-refractivity contribution in [1.29, 1.82) is 0 Å². The van der Waals surface area contributed by atoms with Gasteiger partial charge in [-0.05, 0) is 51.0 Å². The number of hydrogen-bond acceptors (Lipinski definition) is 7. The maximum Gasteiger partial charge on any atom is 0.338 e. The van der Waals surface area contributed by atoms with E-state index in [1.54, 1.807) is 14.0 Å². The summed E-state index contributed by atoms with van der Waals surface area (Å²) in [4.78, 5) is 24.6. The van der Waals surface area contributed by atoms with Crippen molar-refractivity contribution in [1.82, 2.24) is 9.46 Å². The van der Waals surface area contributed by atoms with Crippen molar-refractivity contribution < 1.29 is 27.3 Å². The molecule has 2 aromatic rings. The number of amides is 1. The van der Waals surface area contributed by atoms with E-state index in [0.717, 1.165) is 32.1 Å². The van der Waals surface area contributed by atoms with E-state index in [1.807, 2.05) is 0 Å². The lowest BCUT2D eigenvalue weighted by Crippen LogP contribution is -2.38. The minimum Gasteiger partial charge on any atom is -0.449 e. The molecular formula is C21H27N3O6S. The molecule has 1 aromatic carbocycles. The van der Waals surface area contributed by atoms with Crippen molar-refractivity contribution in [3.63, 3.8) is 0 Å². The summed E-state index contributed by atoms with van der Waals surface area (Å²) in [5.41, 5.74) is 0.749. The summed E-state index contributed by atoms with van der Waals surface area (Å²) >= 11 is 0. The van der Waals surface area contributed by atoms with Crippen molar-refractivity contribution in [3.8, 4) is 0 Å². The number of anilines is 1. The molecule has 0 saturated heterocycles. The molecule has 1 saturated carbocycles. The molecule has 1 aliphatic rings. The van der Waals surface area contributed by atoms with Crippen LogP contribution in [0.25, 0.3) is 0 Å². The third-order valence-corrected chi connectivity index (χ3v) is 7.31. The molecule has 1 aromatic heterocycles. The third kappa shape index (κ3) is 5.50. The average Bonchev–Trinajstić information content (AvgIpc) is 3.18. The summed E-state index contributed by atoms with van der Waals surface area (Å²) in [7, 11) is -2.05. The van der Waals surface area contributed by atoms with E-state index in [1.165, 1.54) is 41.6 Å². The number of ether oxygens (including phenoxy) is 1. The second-order valence-electron chi connectivity index (χ2n) is 7.71. The standard InChI is InChI=1S/C21H27N3O6S/c1-14-13-19(30-23-14)22-20(25)15(2)29-21(26)16-9-11-18(12-10-16)31(27,28)24(3)17-7-5-4-6-8-17/h9-13,15,17H,4-8H2,1-3H3,(H,22,25)/t15-/m0/s1. The first-order valence-corrected chi connectivity index (χ1v) is 11.7. The SMILES string of the molecule is Cc1cc(NC(=O)[C@H](C)OC(=O)c2ccc(S(=O)(=O)N(C)C3CCCCC3)cc2)on1. The highest BCUT2D eigenvalue weighted by Crippen LogP contribution is 2.26. The second-order valence-corrected chi connectivity index (χ2v) is 9.70. The van der Waals surface area contributed by atoms with Gasteiger partial charge in [-0.1, -0.05) is 24.4 Å². The number of sulfonamides is 1. The molecule has 3 rings (SSSR count). The van der Waals surface area contributed by atoms with Gasteiger partial charge in [0, 0.05) is 19.2 Å². The van der Waals surface area contributed by atoms with E-state index in [-0.39, 0.29) is 22.4 Å². The van der Waals surface area contributed by atoms with Gasteiger partial charge in [0.15, 0.2) is 6.10 Å². The Labute approximate surface area is 181 Å². The van der Waals surface area contributed by atoms with E-state index in [0.29, 0.717) is 5.69 Å². The van der Waals surface area contributed by atoms with Crippen molar-refractivity contribution in [2.75, 3.05) is 12.4 Å². The molecule has 1 N–H and O–H groups in total. The van der Waals surface area contributed by atoms with E-state index in [2.05, 4.69) is 10.5 Å². The zero-order valence-electron chi connectivity index (χ0n) is 17.8. The quantitative estimate of drug-likeness (QED) is 0.645. The van der Waals surface area contributed by atoms with Crippen molar-refractivity contribution in [2.24, 2.45) is 0 Å². The summed E-state index contributed by atoms with van der Waals surface area (Å²) in [6.07, 6.45) is 3.81. The number of nitrogens with zero attached hydrogens (tertiary/aromatic N) is 2. The molecule has 9 nitrogen and oxygen atoms in total. The maximum absolute atomic E-state index is 12.9. The number of carbonyl (C=O) groups is 2. The number of rotatable bonds is 7. The second kappa shape index (κ2) is 9.61. The predicted octanol–water partition coefficient (Wildman–Crippen LogP) is 3.12. The van der Waals surface area contributed by atoms with Crippen LogP contribution in [-0.4, -0.2) is 48.9 Å². The van der Waals surface area contributed by atoms with Crippen LogP contribution in [0, 0.1) is 6.92 Å². The van der Waals surface area contributed by atoms with Crippen LogP contribution in [0.4, 0.5) is 5.88 Å². The van der Waals surface area contributed by atoms with Crippen LogP contribution in [0.2, 0.25) is 0 Å². The van der Waals surface area contributed by atoms with Crippen molar-refractivity contribution >= 4 is 27.8 Å². The fourth-order valence-corrected chi connectivity index (χ4v) is 4.91. The molecule has 0 radical (unpaired) electrons.